The van der Waals surface area contributed by atoms with Crippen LogP contribution in [0.1, 0.15) is 50.1 Å². The number of rotatable bonds is 4. The molecule has 2 amide bonds. The van der Waals surface area contributed by atoms with Gasteiger partial charge in [0.1, 0.15) is 5.00 Å². The van der Waals surface area contributed by atoms with Crippen LogP contribution in [0.2, 0.25) is 0 Å². The molecule has 29 heavy (non-hydrogen) atoms. The third kappa shape index (κ3) is 4.25. The molecule has 1 aliphatic carbocycles. The minimum Gasteiger partial charge on any atom is -0.322 e. The van der Waals surface area contributed by atoms with Crippen LogP contribution in [0.15, 0.2) is 54.6 Å². The summed E-state index contributed by atoms with van der Waals surface area (Å²) in [6.45, 7) is 4.25. The van der Waals surface area contributed by atoms with Crippen LogP contribution in [0, 0.1) is 12.8 Å². The van der Waals surface area contributed by atoms with Gasteiger partial charge in [-0.2, -0.15) is 0 Å². The molecule has 0 spiro atoms. The summed E-state index contributed by atoms with van der Waals surface area (Å²) >= 11 is 1.54. The SMILES string of the molecule is Cc1ccc(NC(=O)c2c(NC(=O)c3ccccc3)sc3c2CC[C@@H](C)C3)cc1. The zero-order chi connectivity index (χ0) is 20.4. The Morgan fingerprint density at radius 2 is 1.69 bits per heavy atom. The molecule has 2 aromatic carbocycles. The van der Waals surface area contributed by atoms with Gasteiger partial charge in [-0.3, -0.25) is 9.59 Å². The molecule has 0 radical (unpaired) electrons. The highest BCUT2D eigenvalue weighted by atomic mass is 32.1. The number of carbonyl (C=O) groups excluding carboxylic acids is 2. The number of carbonyl (C=O) groups is 2. The third-order valence-electron chi connectivity index (χ3n) is 5.31. The summed E-state index contributed by atoms with van der Waals surface area (Å²) in [5.74, 6) is 0.234. The van der Waals surface area contributed by atoms with Gasteiger partial charge in [0.25, 0.3) is 11.8 Å². The Balaban J connectivity index is 1.66. The first-order chi connectivity index (χ1) is 14.0. The molecule has 0 bridgehead atoms. The van der Waals surface area contributed by atoms with E-state index in [1.165, 1.54) is 16.2 Å². The fraction of sp³-hybridized carbons (Fsp3) is 0.250. The average molecular weight is 405 g/mol. The maximum Gasteiger partial charge on any atom is 0.258 e. The lowest BCUT2D eigenvalue weighted by molar-refractivity contribution is 0.102. The van der Waals surface area contributed by atoms with Gasteiger partial charge in [0.15, 0.2) is 0 Å². The van der Waals surface area contributed by atoms with Gasteiger partial charge in [-0.05, 0) is 61.9 Å². The highest BCUT2D eigenvalue weighted by Gasteiger charge is 2.28. The van der Waals surface area contributed by atoms with Crippen LogP contribution in [0.4, 0.5) is 10.7 Å². The lowest BCUT2D eigenvalue weighted by atomic mass is 9.88. The van der Waals surface area contributed by atoms with E-state index < -0.39 is 0 Å². The molecular weight excluding hydrogens is 380 g/mol. The van der Waals surface area contributed by atoms with E-state index in [0.29, 0.717) is 22.0 Å². The lowest BCUT2D eigenvalue weighted by Gasteiger charge is -2.18. The van der Waals surface area contributed by atoms with Crippen molar-refractivity contribution in [3.63, 3.8) is 0 Å². The standard InChI is InChI=1S/C24H24N2O2S/c1-15-8-11-18(12-9-15)25-23(28)21-19-13-10-16(2)14-20(19)29-24(21)26-22(27)17-6-4-3-5-7-17/h3-9,11-12,16H,10,13-14H2,1-2H3,(H,25,28)(H,26,27)/t16-/m1/s1. The molecule has 1 aromatic heterocycles. The van der Waals surface area contributed by atoms with E-state index >= 15 is 0 Å². The zero-order valence-corrected chi connectivity index (χ0v) is 17.4. The fourth-order valence-electron chi connectivity index (χ4n) is 3.67. The van der Waals surface area contributed by atoms with Gasteiger partial charge in [-0.25, -0.2) is 0 Å². The van der Waals surface area contributed by atoms with Crippen molar-refractivity contribution in [1.29, 1.82) is 0 Å². The van der Waals surface area contributed by atoms with Gasteiger partial charge in [-0.1, -0.05) is 42.8 Å². The van der Waals surface area contributed by atoms with E-state index in [0.717, 1.165) is 36.1 Å². The van der Waals surface area contributed by atoms with Gasteiger partial charge in [-0.15, -0.1) is 11.3 Å². The summed E-state index contributed by atoms with van der Waals surface area (Å²) in [5.41, 5.74) is 4.17. The number of aryl methyl sites for hydroxylation is 1. The zero-order valence-electron chi connectivity index (χ0n) is 16.6. The van der Waals surface area contributed by atoms with Crippen molar-refractivity contribution in [2.45, 2.75) is 33.1 Å². The highest BCUT2D eigenvalue weighted by Crippen LogP contribution is 2.40. The monoisotopic (exact) mass is 404 g/mol. The van der Waals surface area contributed by atoms with Crippen LogP contribution < -0.4 is 10.6 Å². The third-order valence-corrected chi connectivity index (χ3v) is 6.48. The van der Waals surface area contributed by atoms with Crippen molar-refractivity contribution in [2.75, 3.05) is 10.6 Å². The van der Waals surface area contributed by atoms with Crippen molar-refractivity contribution in [1.82, 2.24) is 0 Å². The molecule has 1 atom stereocenters. The first-order valence-corrected chi connectivity index (χ1v) is 10.7. The number of hydrogen-bond acceptors (Lipinski definition) is 3. The number of nitrogens with one attached hydrogen (secondary N) is 2. The van der Waals surface area contributed by atoms with E-state index in [-0.39, 0.29) is 11.8 Å². The summed E-state index contributed by atoms with van der Waals surface area (Å²) in [6.07, 6.45) is 2.87. The Kier molecular flexibility index (Phi) is 5.49. The second kappa shape index (κ2) is 8.21. The smallest absolute Gasteiger partial charge is 0.258 e. The molecule has 0 unspecified atom stereocenters. The van der Waals surface area contributed by atoms with E-state index in [2.05, 4.69) is 17.6 Å². The Labute approximate surface area is 175 Å². The molecule has 0 fully saturated rings. The molecule has 3 aromatic rings. The van der Waals surface area contributed by atoms with Crippen LogP contribution >= 0.6 is 11.3 Å². The Morgan fingerprint density at radius 3 is 2.41 bits per heavy atom. The van der Waals surface area contributed by atoms with Crippen molar-refractivity contribution >= 4 is 33.8 Å². The van der Waals surface area contributed by atoms with Crippen molar-refractivity contribution in [3.8, 4) is 0 Å². The van der Waals surface area contributed by atoms with Gasteiger partial charge in [0.2, 0.25) is 0 Å². The topological polar surface area (TPSA) is 58.2 Å². The Bertz CT molecular complexity index is 1040. The lowest BCUT2D eigenvalue weighted by Crippen LogP contribution is -2.19. The van der Waals surface area contributed by atoms with Crippen molar-refractivity contribution < 1.29 is 9.59 Å². The van der Waals surface area contributed by atoms with Crippen LogP contribution in [-0.4, -0.2) is 11.8 Å². The predicted octanol–water partition coefficient (Wildman–Crippen LogP) is 5.69. The quantitative estimate of drug-likeness (QED) is 0.587. The van der Waals surface area contributed by atoms with Crippen LogP contribution in [0.25, 0.3) is 0 Å². The maximum absolute atomic E-state index is 13.2. The highest BCUT2D eigenvalue weighted by molar-refractivity contribution is 7.17. The van der Waals surface area contributed by atoms with Gasteiger partial charge in [0, 0.05) is 16.1 Å². The summed E-state index contributed by atoms with van der Waals surface area (Å²) in [5, 5.41) is 6.64. The normalized spacial score (nSPS) is 15.4. The van der Waals surface area contributed by atoms with E-state index in [4.69, 9.17) is 0 Å². The predicted molar refractivity (Wildman–Crippen MR) is 119 cm³/mol. The molecule has 0 saturated heterocycles. The molecule has 1 aliphatic rings. The van der Waals surface area contributed by atoms with E-state index in [9.17, 15) is 9.59 Å². The number of fused-ring (bicyclic) bond motifs is 1. The second-order valence-electron chi connectivity index (χ2n) is 7.70. The van der Waals surface area contributed by atoms with E-state index in [1.54, 1.807) is 12.1 Å². The van der Waals surface area contributed by atoms with Crippen LogP contribution in [0.3, 0.4) is 0 Å². The Morgan fingerprint density at radius 1 is 0.966 bits per heavy atom. The molecule has 4 rings (SSSR count). The van der Waals surface area contributed by atoms with Crippen LogP contribution in [-0.2, 0) is 12.8 Å². The summed E-state index contributed by atoms with van der Waals surface area (Å²) in [4.78, 5) is 27.1. The maximum atomic E-state index is 13.2. The van der Waals surface area contributed by atoms with Crippen molar-refractivity contribution in [2.24, 2.45) is 5.92 Å². The van der Waals surface area contributed by atoms with Gasteiger partial charge in [0.05, 0.1) is 5.56 Å². The average Bonchev–Trinajstić information content (AvgIpc) is 3.07. The molecule has 4 nitrogen and oxygen atoms in total. The minimum atomic E-state index is -0.193. The fourth-order valence-corrected chi connectivity index (χ4v) is 5.08. The minimum absolute atomic E-state index is 0.163. The molecule has 0 saturated carbocycles. The molecule has 5 heteroatoms. The number of hydrogen-bond donors (Lipinski definition) is 2. The molecule has 1 heterocycles. The van der Waals surface area contributed by atoms with Gasteiger partial charge >= 0.3 is 0 Å². The second-order valence-corrected chi connectivity index (χ2v) is 8.80. The first-order valence-electron chi connectivity index (χ1n) is 9.90. The summed E-state index contributed by atoms with van der Waals surface area (Å²) in [6, 6.07) is 16.8. The number of thiophene rings is 1. The molecule has 2 N–H and O–H groups in total. The largest absolute Gasteiger partial charge is 0.322 e. The summed E-state index contributed by atoms with van der Waals surface area (Å²) < 4.78 is 0. The van der Waals surface area contributed by atoms with Gasteiger partial charge < -0.3 is 10.6 Å². The summed E-state index contributed by atoms with van der Waals surface area (Å²) in [7, 11) is 0. The number of amides is 2. The van der Waals surface area contributed by atoms with Crippen molar-refractivity contribution in [3.05, 3.63) is 81.7 Å². The van der Waals surface area contributed by atoms with E-state index in [1.807, 2.05) is 49.4 Å². The number of anilines is 2. The van der Waals surface area contributed by atoms with Crippen LogP contribution in [0.5, 0.6) is 0 Å². The number of benzene rings is 2. The molecule has 0 aliphatic heterocycles. The first kappa shape index (κ1) is 19.4. The molecular formula is C24H24N2O2S. The molecule has 148 valence electrons. The Hall–Kier alpha value is -2.92.